The van der Waals surface area contributed by atoms with Crippen LogP contribution in [-0.4, -0.2) is 12.6 Å². The zero-order valence-corrected chi connectivity index (χ0v) is 13.3. The van der Waals surface area contributed by atoms with Gasteiger partial charge in [-0.15, -0.1) is 0 Å². The first-order valence-electron chi connectivity index (χ1n) is 6.67. The van der Waals surface area contributed by atoms with Crippen LogP contribution in [0.15, 0.2) is 55.1 Å². The van der Waals surface area contributed by atoms with Gasteiger partial charge >= 0.3 is 5.97 Å². The Bertz CT molecular complexity index is 666. The second-order valence-electron chi connectivity index (χ2n) is 4.53. The Labute approximate surface area is 139 Å². The summed E-state index contributed by atoms with van der Waals surface area (Å²) in [6.45, 7) is 3.71. The maximum Gasteiger partial charge on any atom is 0.310 e. The molecular formula is C17H15Cl2NO2. The van der Waals surface area contributed by atoms with Crippen molar-refractivity contribution < 1.29 is 9.53 Å². The Morgan fingerprint density at radius 3 is 2.50 bits per heavy atom. The molecule has 0 aliphatic rings. The summed E-state index contributed by atoms with van der Waals surface area (Å²) in [7, 11) is 0. The summed E-state index contributed by atoms with van der Waals surface area (Å²) in [5.74, 6) is -0.320. The highest BCUT2D eigenvalue weighted by Gasteiger charge is 2.11. The van der Waals surface area contributed by atoms with Crippen molar-refractivity contribution in [1.29, 1.82) is 0 Å². The quantitative estimate of drug-likeness (QED) is 0.595. The molecule has 0 aliphatic carbocycles. The molecule has 1 N–H and O–H groups in total. The Morgan fingerprint density at radius 2 is 1.82 bits per heavy atom. The number of hydrogen-bond acceptors (Lipinski definition) is 3. The minimum absolute atomic E-state index is 0.152. The van der Waals surface area contributed by atoms with Gasteiger partial charge in [-0.05, 0) is 23.8 Å². The van der Waals surface area contributed by atoms with Gasteiger partial charge in [0.05, 0.1) is 22.2 Å². The molecule has 0 unspecified atom stereocenters. The van der Waals surface area contributed by atoms with E-state index in [-0.39, 0.29) is 19.0 Å². The summed E-state index contributed by atoms with van der Waals surface area (Å²) < 4.78 is 5.01. The number of carbonyl (C=O) groups excluding carboxylic acids is 1. The largest absolute Gasteiger partial charge is 0.461 e. The molecule has 2 aromatic carbocycles. The monoisotopic (exact) mass is 335 g/mol. The van der Waals surface area contributed by atoms with E-state index >= 15 is 0 Å². The SMILES string of the molecule is C=CCOC(=O)Cc1ccccc1Nc1c(Cl)cccc1Cl. The Kier molecular flexibility index (Phi) is 5.87. The molecule has 2 rings (SSSR count). The molecule has 3 nitrogen and oxygen atoms in total. The number of benzene rings is 2. The van der Waals surface area contributed by atoms with E-state index in [1.165, 1.54) is 6.08 Å². The number of halogens is 2. The van der Waals surface area contributed by atoms with Crippen molar-refractivity contribution in [2.45, 2.75) is 6.42 Å². The number of nitrogens with one attached hydrogen (secondary N) is 1. The first kappa shape index (κ1) is 16.4. The molecule has 0 saturated heterocycles. The van der Waals surface area contributed by atoms with Crippen LogP contribution in [0.25, 0.3) is 0 Å². The van der Waals surface area contributed by atoms with Crippen LogP contribution in [0.5, 0.6) is 0 Å². The maximum absolute atomic E-state index is 11.8. The predicted octanol–water partition coefficient (Wildman–Crippen LogP) is 5.01. The molecule has 0 atom stereocenters. The molecule has 114 valence electrons. The molecule has 0 saturated carbocycles. The van der Waals surface area contributed by atoms with E-state index in [2.05, 4.69) is 11.9 Å². The lowest BCUT2D eigenvalue weighted by Gasteiger charge is -2.14. The molecule has 0 aromatic heterocycles. The van der Waals surface area contributed by atoms with Crippen molar-refractivity contribution in [1.82, 2.24) is 0 Å². The molecule has 0 radical (unpaired) electrons. The number of ether oxygens (including phenoxy) is 1. The zero-order chi connectivity index (χ0) is 15.9. The van der Waals surface area contributed by atoms with Gasteiger partial charge in [-0.25, -0.2) is 0 Å². The second kappa shape index (κ2) is 7.87. The van der Waals surface area contributed by atoms with Gasteiger partial charge in [0.2, 0.25) is 0 Å². The first-order chi connectivity index (χ1) is 10.6. The molecule has 0 amide bonds. The minimum atomic E-state index is -0.320. The Morgan fingerprint density at radius 1 is 1.14 bits per heavy atom. The summed E-state index contributed by atoms with van der Waals surface area (Å²) in [6, 6.07) is 12.7. The maximum atomic E-state index is 11.8. The van der Waals surface area contributed by atoms with Gasteiger partial charge in [0.15, 0.2) is 0 Å². The van der Waals surface area contributed by atoms with E-state index in [0.717, 1.165) is 11.3 Å². The highest BCUT2D eigenvalue weighted by Crippen LogP contribution is 2.33. The van der Waals surface area contributed by atoms with Gasteiger partial charge < -0.3 is 10.1 Å². The third-order valence-corrected chi connectivity index (χ3v) is 3.57. The second-order valence-corrected chi connectivity index (χ2v) is 5.34. The van der Waals surface area contributed by atoms with Gasteiger partial charge in [0.1, 0.15) is 6.61 Å². The van der Waals surface area contributed by atoms with Gasteiger partial charge in [0.25, 0.3) is 0 Å². The van der Waals surface area contributed by atoms with Crippen molar-refractivity contribution >= 4 is 40.5 Å². The lowest BCUT2D eigenvalue weighted by Crippen LogP contribution is -2.09. The molecule has 0 spiro atoms. The Hall–Kier alpha value is -1.97. The number of carbonyl (C=O) groups is 1. The number of esters is 1. The Balaban J connectivity index is 2.21. The van der Waals surface area contributed by atoms with E-state index in [9.17, 15) is 4.79 Å². The van der Waals surface area contributed by atoms with Crippen LogP contribution in [-0.2, 0) is 16.0 Å². The number of anilines is 2. The summed E-state index contributed by atoms with van der Waals surface area (Å²) in [4.78, 5) is 11.8. The predicted molar refractivity (Wildman–Crippen MR) is 91.0 cm³/mol. The third kappa shape index (κ3) is 4.26. The van der Waals surface area contributed by atoms with Crippen LogP contribution < -0.4 is 5.32 Å². The van der Waals surface area contributed by atoms with E-state index < -0.39 is 0 Å². The highest BCUT2D eigenvalue weighted by molar-refractivity contribution is 6.39. The highest BCUT2D eigenvalue weighted by atomic mass is 35.5. The molecule has 0 aliphatic heterocycles. The van der Waals surface area contributed by atoms with Crippen molar-refractivity contribution in [2.75, 3.05) is 11.9 Å². The van der Waals surface area contributed by atoms with Crippen molar-refractivity contribution in [3.63, 3.8) is 0 Å². The van der Waals surface area contributed by atoms with Crippen LogP contribution in [0, 0.1) is 0 Å². The van der Waals surface area contributed by atoms with Crippen molar-refractivity contribution in [3.8, 4) is 0 Å². The fourth-order valence-electron chi connectivity index (χ4n) is 1.91. The molecular weight excluding hydrogens is 321 g/mol. The normalized spacial score (nSPS) is 10.1. The number of hydrogen-bond donors (Lipinski definition) is 1. The number of rotatable bonds is 6. The zero-order valence-electron chi connectivity index (χ0n) is 11.8. The van der Waals surface area contributed by atoms with Crippen LogP contribution in [0.2, 0.25) is 10.0 Å². The summed E-state index contributed by atoms with van der Waals surface area (Å²) in [5, 5.41) is 4.20. The van der Waals surface area contributed by atoms with Crippen molar-refractivity contribution in [2.24, 2.45) is 0 Å². The molecule has 5 heteroatoms. The summed E-state index contributed by atoms with van der Waals surface area (Å²) >= 11 is 12.3. The van der Waals surface area contributed by atoms with E-state index in [0.29, 0.717) is 15.7 Å². The third-order valence-electron chi connectivity index (χ3n) is 2.94. The van der Waals surface area contributed by atoms with Gasteiger partial charge in [0, 0.05) is 5.69 Å². The fourth-order valence-corrected chi connectivity index (χ4v) is 2.40. The van der Waals surface area contributed by atoms with Crippen LogP contribution in [0.3, 0.4) is 0 Å². The summed E-state index contributed by atoms with van der Waals surface area (Å²) in [5.41, 5.74) is 2.17. The average molecular weight is 336 g/mol. The van der Waals surface area contributed by atoms with E-state index in [1.807, 2.05) is 24.3 Å². The standard InChI is InChI=1S/C17H15Cl2NO2/c1-2-10-22-16(21)11-12-6-3-4-9-15(12)20-17-13(18)7-5-8-14(17)19/h2-9,20H,1,10-11H2. The molecule has 0 heterocycles. The lowest BCUT2D eigenvalue weighted by atomic mass is 10.1. The van der Waals surface area contributed by atoms with Gasteiger partial charge in [-0.2, -0.15) is 0 Å². The van der Waals surface area contributed by atoms with Gasteiger partial charge in [-0.1, -0.05) is 60.1 Å². The van der Waals surface area contributed by atoms with Crippen LogP contribution >= 0.6 is 23.2 Å². The fraction of sp³-hybridized carbons (Fsp3) is 0.118. The summed E-state index contributed by atoms with van der Waals surface area (Å²) in [6.07, 6.45) is 1.69. The first-order valence-corrected chi connectivity index (χ1v) is 7.43. The van der Waals surface area contributed by atoms with Crippen molar-refractivity contribution in [3.05, 3.63) is 70.7 Å². The molecule has 0 fully saturated rings. The van der Waals surface area contributed by atoms with Gasteiger partial charge in [-0.3, -0.25) is 4.79 Å². The molecule has 0 bridgehead atoms. The molecule has 22 heavy (non-hydrogen) atoms. The number of para-hydroxylation sites is 2. The topological polar surface area (TPSA) is 38.3 Å². The van der Waals surface area contributed by atoms with Crippen LogP contribution in [0.4, 0.5) is 11.4 Å². The molecule has 2 aromatic rings. The smallest absolute Gasteiger partial charge is 0.310 e. The average Bonchev–Trinajstić information content (AvgIpc) is 2.50. The lowest BCUT2D eigenvalue weighted by molar-refractivity contribution is -0.141. The van der Waals surface area contributed by atoms with E-state index in [1.54, 1.807) is 18.2 Å². The van der Waals surface area contributed by atoms with E-state index in [4.69, 9.17) is 27.9 Å². The minimum Gasteiger partial charge on any atom is -0.461 e. The van der Waals surface area contributed by atoms with Crippen LogP contribution in [0.1, 0.15) is 5.56 Å².